The van der Waals surface area contributed by atoms with E-state index in [0.717, 1.165) is 17.7 Å². The fourth-order valence-corrected chi connectivity index (χ4v) is 4.38. The first-order valence-corrected chi connectivity index (χ1v) is 13.7. The number of furan rings is 1. The number of nitrogens with zero attached hydrogens (tertiary/aromatic N) is 1. The van der Waals surface area contributed by atoms with Crippen molar-refractivity contribution in [3.63, 3.8) is 0 Å². The van der Waals surface area contributed by atoms with E-state index in [-0.39, 0.29) is 12.5 Å². The fourth-order valence-electron chi connectivity index (χ4n) is 4.26. The molecule has 1 aromatic heterocycles. The number of nitrogens with one attached hydrogen (secondary N) is 2. The van der Waals surface area contributed by atoms with Gasteiger partial charge in [0.2, 0.25) is 11.8 Å². The van der Waals surface area contributed by atoms with E-state index in [0.29, 0.717) is 33.5 Å². The Hall–Kier alpha value is -4.82. The molecule has 0 aliphatic heterocycles. The summed E-state index contributed by atoms with van der Waals surface area (Å²) in [7, 11) is 1.55. The third-order valence-electron chi connectivity index (χ3n) is 6.52. The molecule has 1 unspecified atom stereocenters. The molecule has 0 aliphatic rings. The lowest BCUT2D eigenvalue weighted by Gasteiger charge is -2.31. The lowest BCUT2D eigenvalue weighted by Crippen LogP contribution is -2.43. The molecule has 0 aliphatic carbocycles. The van der Waals surface area contributed by atoms with Crippen LogP contribution in [0.3, 0.4) is 0 Å². The van der Waals surface area contributed by atoms with E-state index in [1.165, 1.54) is 11.2 Å². The van der Waals surface area contributed by atoms with Gasteiger partial charge >= 0.3 is 0 Å². The number of methoxy groups -OCH3 is 1. The van der Waals surface area contributed by atoms with Crippen LogP contribution in [0.2, 0.25) is 5.02 Å². The lowest BCUT2D eigenvalue weighted by atomic mass is 10.0. The molecule has 1 atom stereocenters. The molecule has 8 nitrogen and oxygen atoms in total. The van der Waals surface area contributed by atoms with Crippen molar-refractivity contribution in [1.29, 1.82) is 0 Å². The maximum absolute atomic E-state index is 13.8. The molecule has 42 heavy (non-hydrogen) atoms. The normalized spacial score (nSPS) is 11.7. The van der Waals surface area contributed by atoms with Crippen LogP contribution in [-0.4, -0.2) is 24.8 Å². The average Bonchev–Trinajstić information content (AvgIpc) is 3.52. The summed E-state index contributed by atoms with van der Waals surface area (Å²) in [4.78, 5) is 41.7. The first-order valence-electron chi connectivity index (χ1n) is 13.4. The molecule has 1 heterocycles. The summed E-state index contributed by atoms with van der Waals surface area (Å²) in [6.45, 7) is 4.27. The van der Waals surface area contributed by atoms with Crippen molar-refractivity contribution in [2.75, 3.05) is 17.3 Å². The van der Waals surface area contributed by atoms with Crippen molar-refractivity contribution < 1.29 is 23.5 Å². The van der Waals surface area contributed by atoms with Crippen LogP contribution in [0.1, 0.15) is 42.7 Å². The van der Waals surface area contributed by atoms with Gasteiger partial charge in [0.15, 0.2) is 0 Å². The molecule has 0 saturated heterocycles. The van der Waals surface area contributed by atoms with Crippen LogP contribution in [0, 0.1) is 0 Å². The second-order valence-electron chi connectivity index (χ2n) is 9.76. The minimum atomic E-state index is -1.08. The number of rotatable bonds is 11. The highest BCUT2D eigenvalue weighted by Crippen LogP contribution is 2.31. The van der Waals surface area contributed by atoms with Gasteiger partial charge < -0.3 is 19.8 Å². The van der Waals surface area contributed by atoms with Crippen LogP contribution in [0.15, 0.2) is 108 Å². The zero-order chi connectivity index (χ0) is 30.1. The summed E-state index contributed by atoms with van der Waals surface area (Å²) in [5, 5.41) is 6.07. The van der Waals surface area contributed by atoms with Crippen molar-refractivity contribution in [3.8, 4) is 5.75 Å². The Kier molecular flexibility index (Phi) is 10.2. The molecule has 3 aromatic carbocycles. The van der Waals surface area contributed by atoms with Crippen LogP contribution in [0.5, 0.6) is 5.75 Å². The molecule has 0 spiro atoms. The summed E-state index contributed by atoms with van der Waals surface area (Å²) in [6.07, 6.45) is 3.81. The first kappa shape index (κ1) is 30.1. The maximum Gasteiger partial charge on any atom is 0.252 e. The van der Waals surface area contributed by atoms with Gasteiger partial charge in [-0.05, 0) is 77.7 Å². The topological polar surface area (TPSA) is 101 Å². The molecular formula is C33H32ClN3O5. The number of ether oxygens (including phenoxy) is 1. The number of benzene rings is 3. The number of carbonyl (C=O) groups is 3. The Bertz CT molecular complexity index is 1510. The summed E-state index contributed by atoms with van der Waals surface area (Å²) < 4.78 is 10.5. The molecule has 2 N–H and O–H groups in total. The number of carbonyl (C=O) groups excluding carboxylic acids is 3. The number of amides is 3. The molecule has 0 bridgehead atoms. The van der Waals surface area contributed by atoms with E-state index in [4.69, 9.17) is 20.8 Å². The number of hydrogen-bond acceptors (Lipinski definition) is 5. The molecule has 3 amide bonds. The zero-order valence-electron chi connectivity index (χ0n) is 23.5. The third-order valence-corrected chi connectivity index (χ3v) is 6.77. The summed E-state index contributed by atoms with van der Waals surface area (Å²) in [5.41, 5.74) is 2.63. The quantitative estimate of drug-likeness (QED) is 0.192. The predicted octanol–water partition coefficient (Wildman–Crippen LogP) is 6.65. The average molecular weight is 586 g/mol. The Balaban J connectivity index is 1.67. The van der Waals surface area contributed by atoms with Gasteiger partial charge in [-0.1, -0.05) is 49.7 Å². The highest BCUT2D eigenvalue weighted by atomic mass is 35.5. The predicted molar refractivity (Wildman–Crippen MR) is 164 cm³/mol. The summed E-state index contributed by atoms with van der Waals surface area (Å²) >= 11 is 6.14. The van der Waals surface area contributed by atoms with E-state index >= 15 is 0 Å². The van der Waals surface area contributed by atoms with E-state index in [1.807, 2.05) is 12.1 Å². The number of anilines is 2. The summed E-state index contributed by atoms with van der Waals surface area (Å²) in [6, 6.07) is 23.3. The Morgan fingerprint density at radius 2 is 1.57 bits per heavy atom. The first-order chi connectivity index (χ1) is 20.2. The molecule has 0 radical (unpaired) electrons. The van der Waals surface area contributed by atoms with Crippen molar-refractivity contribution in [1.82, 2.24) is 5.32 Å². The monoisotopic (exact) mass is 585 g/mol. The standard InChI is InChI=1S/C33H32ClN3O5/c1-22(2)23-8-14-27(15-9-23)37(31(39)19-18-30(38)36-26-12-16-28(41-3)17-13-26)32(24-6-10-25(34)11-7-24)33(40)35-21-29-5-4-20-42-29/h4-20,22,32H,21H2,1-3H3,(H,35,40)(H,36,38)/b19-18-. The van der Waals surface area contributed by atoms with Crippen molar-refractivity contribution in [2.24, 2.45) is 0 Å². The fraction of sp³-hybridized carbons (Fsp3) is 0.182. The van der Waals surface area contributed by atoms with Gasteiger partial charge in [0.05, 0.1) is 19.9 Å². The smallest absolute Gasteiger partial charge is 0.252 e. The zero-order valence-corrected chi connectivity index (χ0v) is 24.3. The molecule has 0 fully saturated rings. The minimum absolute atomic E-state index is 0.129. The van der Waals surface area contributed by atoms with Crippen molar-refractivity contribution in [2.45, 2.75) is 32.4 Å². The minimum Gasteiger partial charge on any atom is -0.497 e. The van der Waals surface area contributed by atoms with Gasteiger partial charge in [-0.25, -0.2) is 0 Å². The van der Waals surface area contributed by atoms with E-state index < -0.39 is 23.8 Å². The van der Waals surface area contributed by atoms with Crippen LogP contribution in [0.4, 0.5) is 11.4 Å². The van der Waals surface area contributed by atoms with Gasteiger partial charge in [0, 0.05) is 28.5 Å². The number of halogens is 1. The van der Waals surface area contributed by atoms with Gasteiger partial charge in [-0.15, -0.1) is 0 Å². The third kappa shape index (κ3) is 7.89. The SMILES string of the molecule is COc1ccc(NC(=O)/C=C\C(=O)N(c2ccc(C(C)C)cc2)C(C(=O)NCc2ccco2)c2ccc(Cl)cc2)cc1. The molecule has 4 rings (SSSR count). The van der Waals surface area contributed by atoms with Crippen molar-refractivity contribution in [3.05, 3.63) is 125 Å². The Morgan fingerprint density at radius 1 is 0.905 bits per heavy atom. The largest absolute Gasteiger partial charge is 0.497 e. The Morgan fingerprint density at radius 3 is 2.17 bits per heavy atom. The molecular weight excluding hydrogens is 554 g/mol. The van der Waals surface area contributed by atoms with Gasteiger partial charge in [0.25, 0.3) is 5.91 Å². The van der Waals surface area contributed by atoms with E-state index in [9.17, 15) is 14.4 Å². The van der Waals surface area contributed by atoms with Crippen LogP contribution >= 0.6 is 11.6 Å². The van der Waals surface area contributed by atoms with Gasteiger partial charge in [-0.3, -0.25) is 19.3 Å². The molecule has 216 valence electrons. The van der Waals surface area contributed by atoms with Crippen LogP contribution in [-0.2, 0) is 20.9 Å². The molecule has 9 heteroatoms. The van der Waals surface area contributed by atoms with Crippen molar-refractivity contribution >= 4 is 40.7 Å². The molecule has 4 aromatic rings. The Labute approximate surface area is 249 Å². The summed E-state index contributed by atoms with van der Waals surface area (Å²) in [5.74, 6) is -0.0254. The van der Waals surface area contributed by atoms with Gasteiger partial charge in [-0.2, -0.15) is 0 Å². The molecule has 0 saturated carbocycles. The van der Waals surface area contributed by atoms with E-state index in [2.05, 4.69) is 24.5 Å². The highest BCUT2D eigenvalue weighted by Gasteiger charge is 2.32. The van der Waals surface area contributed by atoms with Gasteiger partial charge in [0.1, 0.15) is 17.6 Å². The van der Waals surface area contributed by atoms with E-state index in [1.54, 1.807) is 79.9 Å². The number of hydrogen-bond donors (Lipinski definition) is 2. The highest BCUT2D eigenvalue weighted by molar-refractivity contribution is 6.30. The lowest BCUT2D eigenvalue weighted by molar-refractivity contribution is -0.125. The van der Waals surface area contributed by atoms with Crippen LogP contribution in [0.25, 0.3) is 0 Å². The maximum atomic E-state index is 13.8. The van der Waals surface area contributed by atoms with Crippen LogP contribution < -0.4 is 20.3 Å². The second-order valence-corrected chi connectivity index (χ2v) is 10.2. The second kappa shape index (κ2) is 14.2.